The maximum atomic E-state index is 12.0. The standard InChI is InChI=1S/C18H20N6O2/c1-26-15-7-3-2-6-14(15)23-18(25)20-9-8-19-16-12-17(22-13-21-16)24-10-4-5-11-24/h2-7,10-13H,8-9H2,1H3,(H,19,21,22)(H2,20,23,25). The Labute approximate surface area is 151 Å². The highest BCUT2D eigenvalue weighted by molar-refractivity contribution is 5.90. The van der Waals surface area contributed by atoms with Crippen LogP contribution >= 0.6 is 0 Å². The van der Waals surface area contributed by atoms with Crippen molar-refractivity contribution in [3.05, 3.63) is 61.2 Å². The summed E-state index contributed by atoms with van der Waals surface area (Å²) in [7, 11) is 1.56. The highest BCUT2D eigenvalue weighted by Crippen LogP contribution is 2.22. The first kappa shape index (κ1) is 17.3. The van der Waals surface area contributed by atoms with E-state index >= 15 is 0 Å². The van der Waals surface area contributed by atoms with Crippen LogP contribution in [0.5, 0.6) is 5.75 Å². The zero-order valence-corrected chi connectivity index (χ0v) is 14.3. The summed E-state index contributed by atoms with van der Waals surface area (Å²) < 4.78 is 7.10. The molecule has 134 valence electrons. The van der Waals surface area contributed by atoms with Crippen LogP contribution in [0.3, 0.4) is 0 Å². The fourth-order valence-electron chi connectivity index (χ4n) is 2.35. The normalized spacial score (nSPS) is 10.2. The van der Waals surface area contributed by atoms with Crippen molar-refractivity contribution in [3.63, 3.8) is 0 Å². The lowest BCUT2D eigenvalue weighted by atomic mass is 10.3. The molecule has 3 aromatic rings. The zero-order chi connectivity index (χ0) is 18.2. The van der Waals surface area contributed by atoms with Gasteiger partial charge in [0.1, 0.15) is 23.7 Å². The molecule has 0 atom stereocenters. The van der Waals surface area contributed by atoms with Crippen molar-refractivity contribution >= 4 is 17.5 Å². The Morgan fingerprint density at radius 1 is 1.12 bits per heavy atom. The van der Waals surface area contributed by atoms with Gasteiger partial charge < -0.3 is 25.3 Å². The first-order valence-electron chi connectivity index (χ1n) is 8.13. The number of rotatable bonds is 7. The molecule has 0 bridgehead atoms. The summed E-state index contributed by atoms with van der Waals surface area (Å²) >= 11 is 0. The number of carbonyl (C=O) groups is 1. The molecule has 26 heavy (non-hydrogen) atoms. The number of urea groups is 1. The molecule has 8 nitrogen and oxygen atoms in total. The second-order valence-corrected chi connectivity index (χ2v) is 5.36. The fourth-order valence-corrected chi connectivity index (χ4v) is 2.35. The van der Waals surface area contributed by atoms with E-state index in [1.54, 1.807) is 19.2 Å². The summed E-state index contributed by atoms with van der Waals surface area (Å²) in [6.07, 6.45) is 5.32. The van der Waals surface area contributed by atoms with E-state index in [0.29, 0.717) is 30.3 Å². The number of hydrogen-bond donors (Lipinski definition) is 3. The molecule has 0 spiro atoms. The zero-order valence-electron chi connectivity index (χ0n) is 14.3. The first-order chi connectivity index (χ1) is 12.8. The highest BCUT2D eigenvalue weighted by atomic mass is 16.5. The largest absolute Gasteiger partial charge is 0.495 e. The average Bonchev–Trinajstić information content (AvgIpc) is 3.21. The van der Waals surface area contributed by atoms with Crippen molar-refractivity contribution in [2.75, 3.05) is 30.8 Å². The molecule has 3 N–H and O–H groups in total. The van der Waals surface area contributed by atoms with Gasteiger partial charge in [-0.25, -0.2) is 14.8 Å². The Morgan fingerprint density at radius 3 is 2.73 bits per heavy atom. The molecule has 0 aliphatic carbocycles. The molecular formula is C18H20N6O2. The minimum absolute atomic E-state index is 0.299. The summed E-state index contributed by atoms with van der Waals surface area (Å²) in [5.41, 5.74) is 0.618. The summed E-state index contributed by atoms with van der Waals surface area (Å²) in [6, 6.07) is 12.6. The van der Waals surface area contributed by atoms with E-state index in [-0.39, 0.29) is 6.03 Å². The van der Waals surface area contributed by atoms with Crippen LogP contribution in [0.2, 0.25) is 0 Å². The number of ether oxygens (including phenoxy) is 1. The van der Waals surface area contributed by atoms with Crippen LogP contribution in [0, 0.1) is 0 Å². The Kier molecular flexibility index (Phi) is 5.66. The van der Waals surface area contributed by atoms with Crippen LogP contribution in [0.25, 0.3) is 5.82 Å². The van der Waals surface area contributed by atoms with E-state index in [1.165, 1.54) is 6.33 Å². The average molecular weight is 352 g/mol. The Balaban J connectivity index is 1.45. The third-order valence-corrected chi connectivity index (χ3v) is 3.59. The lowest BCUT2D eigenvalue weighted by Crippen LogP contribution is -2.32. The number of nitrogens with one attached hydrogen (secondary N) is 3. The van der Waals surface area contributed by atoms with E-state index in [2.05, 4.69) is 25.9 Å². The monoisotopic (exact) mass is 352 g/mol. The van der Waals surface area contributed by atoms with Gasteiger partial charge in [0.05, 0.1) is 12.8 Å². The molecule has 2 aromatic heterocycles. The third-order valence-electron chi connectivity index (χ3n) is 3.59. The Bertz CT molecular complexity index is 850. The van der Waals surface area contributed by atoms with Gasteiger partial charge in [-0.3, -0.25) is 0 Å². The van der Waals surface area contributed by atoms with Crippen LogP contribution in [-0.4, -0.2) is 40.8 Å². The summed E-state index contributed by atoms with van der Waals surface area (Å²) in [4.78, 5) is 20.4. The predicted octanol–water partition coefficient (Wildman–Crippen LogP) is 2.51. The van der Waals surface area contributed by atoms with Crippen molar-refractivity contribution in [2.24, 2.45) is 0 Å². The predicted molar refractivity (Wildman–Crippen MR) is 99.9 cm³/mol. The van der Waals surface area contributed by atoms with E-state index in [0.717, 1.165) is 5.82 Å². The van der Waals surface area contributed by atoms with E-state index in [1.807, 2.05) is 47.3 Å². The lowest BCUT2D eigenvalue weighted by Gasteiger charge is -2.11. The van der Waals surface area contributed by atoms with Gasteiger partial charge in [0.15, 0.2) is 0 Å². The maximum Gasteiger partial charge on any atom is 0.319 e. The number of benzene rings is 1. The molecule has 3 rings (SSSR count). The number of aromatic nitrogens is 3. The number of nitrogens with zero attached hydrogens (tertiary/aromatic N) is 3. The molecule has 0 aliphatic rings. The van der Waals surface area contributed by atoms with E-state index in [9.17, 15) is 4.79 Å². The Hall–Kier alpha value is -3.55. The minimum Gasteiger partial charge on any atom is -0.495 e. The molecule has 0 fully saturated rings. The molecule has 0 unspecified atom stereocenters. The second kappa shape index (κ2) is 8.52. The smallest absolute Gasteiger partial charge is 0.319 e. The van der Waals surface area contributed by atoms with Gasteiger partial charge in [0.25, 0.3) is 0 Å². The maximum absolute atomic E-state index is 12.0. The minimum atomic E-state index is -0.299. The summed E-state index contributed by atoms with van der Waals surface area (Å²) in [5.74, 6) is 2.07. The molecule has 0 aliphatic heterocycles. The van der Waals surface area contributed by atoms with Crippen molar-refractivity contribution in [1.82, 2.24) is 19.9 Å². The second-order valence-electron chi connectivity index (χ2n) is 5.36. The van der Waals surface area contributed by atoms with Crippen LogP contribution < -0.4 is 20.7 Å². The van der Waals surface area contributed by atoms with Crippen LogP contribution in [0.15, 0.2) is 61.2 Å². The van der Waals surface area contributed by atoms with Gasteiger partial charge >= 0.3 is 6.03 Å². The summed E-state index contributed by atoms with van der Waals surface area (Å²) in [6.45, 7) is 0.964. The van der Waals surface area contributed by atoms with Gasteiger partial charge in [-0.05, 0) is 24.3 Å². The van der Waals surface area contributed by atoms with Crippen molar-refractivity contribution < 1.29 is 9.53 Å². The molecule has 1 aromatic carbocycles. The molecule has 0 saturated heterocycles. The number of carbonyl (C=O) groups excluding carboxylic acids is 1. The van der Waals surface area contributed by atoms with E-state index < -0.39 is 0 Å². The molecule has 0 radical (unpaired) electrons. The van der Waals surface area contributed by atoms with Gasteiger partial charge in [-0.2, -0.15) is 0 Å². The van der Waals surface area contributed by atoms with Crippen molar-refractivity contribution in [3.8, 4) is 11.6 Å². The molecule has 2 heterocycles. The number of anilines is 2. The van der Waals surface area contributed by atoms with Gasteiger partial charge in [0, 0.05) is 31.5 Å². The fraction of sp³-hybridized carbons (Fsp3) is 0.167. The van der Waals surface area contributed by atoms with Crippen molar-refractivity contribution in [2.45, 2.75) is 0 Å². The van der Waals surface area contributed by atoms with Crippen LogP contribution in [0.4, 0.5) is 16.3 Å². The van der Waals surface area contributed by atoms with Crippen LogP contribution in [0.1, 0.15) is 0 Å². The van der Waals surface area contributed by atoms with Crippen molar-refractivity contribution in [1.29, 1.82) is 0 Å². The quantitative estimate of drug-likeness (QED) is 0.568. The molecule has 0 saturated carbocycles. The van der Waals surface area contributed by atoms with Gasteiger partial charge in [0.2, 0.25) is 0 Å². The molecular weight excluding hydrogens is 332 g/mol. The number of amides is 2. The van der Waals surface area contributed by atoms with Gasteiger partial charge in [-0.15, -0.1) is 0 Å². The Morgan fingerprint density at radius 2 is 1.92 bits per heavy atom. The van der Waals surface area contributed by atoms with E-state index in [4.69, 9.17) is 4.74 Å². The third kappa shape index (κ3) is 4.50. The highest BCUT2D eigenvalue weighted by Gasteiger charge is 2.06. The number of methoxy groups -OCH3 is 1. The molecule has 2 amide bonds. The molecule has 8 heteroatoms. The van der Waals surface area contributed by atoms with Crippen LogP contribution in [-0.2, 0) is 0 Å². The lowest BCUT2D eigenvalue weighted by molar-refractivity contribution is 0.252. The number of para-hydroxylation sites is 2. The summed E-state index contributed by atoms with van der Waals surface area (Å²) in [5, 5.41) is 8.69. The number of hydrogen-bond acceptors (Lipinski definition) is 5. The first-order valence-corrected chi connectivity index (χ1v) is 8.13. The van der Waals surface area contributed by atoms with Gasteiger partial charge in [-0.1, -0.05) is 12.1 Å². The SMILES string of the molecule is COc1ccccc1NC(=O)NCCNc1cc(-n2cccc2)ncn1. The topological polar surface area (TPSA) is 93.1 Å².